The fourth-order valence-electron chi connectivity index (χ4n) is 2.13. The van der Waals surface area contributed by atoms with Gasteiger partial charge in [-0.15, -0.1) is 0 Å². The summed E-state index contributed by atoms with van der Waals surface area (Å²) in [6.45, 7) is 9.36. The van der Waals surface area contributed by atoms with Gasteiger partial charge < -0.3 is 15.2 Å². The molecule has 2 unspecified atom stereocenters. The van der Waals surface area contributed by atoms with Gasteiger partial charge in [-0.05, 0) is 37.8 Å². The fourth-order valence-corrected chi connectivity index (χ4v) is 2.13. The SMILES string of the molecule is CC(C)CC(C)OCC(O)CN[C@H](C)c1cccnc1. The molecular formula is C16H28N2O2. The maximum Gasteiger partial charge on any atom is 0.0898 e. The molecule has 0 aliphatic heterocycles. The zero-order valence-corrected chi connectivity index (χ0v) is 13.0. The Bertz CT molecular complexity index is 357. The number of nitrogens with zero attached hydrogens (tertiary/aromatic N) is 1. The van der Waals surface area contributed by atoms with Crippen LogP contribution in [0, 0.1) is 5.92 Å². The molecular weight excluding hydrogens is 252 g/mol. The summed E-state index contributed by atoms with van der Waals surface area (Å²) in [5.74, 6) is 0.617. The average molecular weight is 280 g/mol. The smallest absolute Gasteiger partial charge is 0.0898 e. The minimum absolute atomic E-state index is 0.173. The maximum absolute atomic E-state index is 9.92. The molecule has 0 aromatic carbocycles. The third kappa shape index (κ3) is 6.98. The lowest BCUT2D eigenvalue weighted by Gasteiger charge is -2.20. The van der Waals surface area contributed by atoms with Gasteiger partial charge in [0.25, 0.3) is 0 Å². The Hall–Kier alpha value is -0.970. The molecule has 1 heterocycles. The zero-order valence-electron chi connectivity index (χ0n) is 13.0. The molecule has 0 fully saturated rings. The largest absolute Gasteiger partial charge is 0.389 e. The molecule has 1 aromatic heterocycles. The summed E-state index contributed by atoms with van der Waals surface area (Å²) in [6, 6.07) is 4.12. The topological polar surface area (TPSA) is 54.4 Å². The van der Waals surface area contributed by atoms with E-state index in [0.29, 0.717) is 19.1 Å². The molecule has 2 N–H and O–H groups in total. The van der Waals surface area contributed by atoms with Gasteiger partial charge in [0.2, 0.25) is 0 Å². The van der Waals surface area contributed by atoms with Gasteiger partial charge in [0.15, 0.2) is 0 Å². The van der Waals surface area contributed by atoms with Crippen molar-refractivity contribution in [2.45, 2.75) is 52.4 Å². The van der Waals surface area contributed by atoms with Crippen LogP contribution in [0.5, 0.6) is 0 Å². The molecule has 4 heteroatoms. The quantitative estimate of drug-likeness (QED) is 0.730. The van der Waals surface area contributed by atoms with E-state index < -0.39 is 6.10 Å². The lowest BCUT2D eigenvalue weighted by molar-refractivity contribution is -0.00914. The number of nitrogens with one attached hydrogen (secondary N) is 1. The normalized spacial score (nSPS) is 16.1. The van der Waals surface area contributed by atoms with Crippen molar-refractivity contribution in [2.24, 2.45) is 5.92 Å². The number of hydrogen-bond acceptors (Lipinski definition) is 4. The van der Waals surface area contributed by atoms with Gasteiger partial charge in [0, 0.05) is 25.0 Å². The first-order valence-electron chi connectivity index (χ1n) is 7.42. The van der Waals surface area contributed by atoms with Crippen LogP contribution in [0.2, 0.25) is 0 Å². The van der Waals surface area contributed by atoms with Crippen molar-refractivity contribution in [1.82, 2.24) is 10.3 Å². The van der Waals surface area contributed by atoms with E-state index in [0.717, 1.165) is 12.0 Å². The van der Waals surface area contributed by atoms with E-state index in [4.69, 9.17) is 4.74 Å². The van der Waals surface area contributed by atoms with Gasteiger partial charge in [-0.3, -0.25) is 4.98 Å². The highest BCUT2D eigenvalue weighted by Crippen LogP contribution is 2.10. The summed E-state index contributed by atoms with van der Waals surface area (Å²) < 4.78 is 5.65. The number of aromatic nitrogens is 1. The summed E-state index contributed by atoms with van der Waals surface area (Å²) >= 11 is 0. The second-order valence-corrected chi connectivity index (χ2v) is 5.84. The number of aliphatic hydroxyl groups is 1. The lowest BCUT2D eigenvalue weighted by atomic mass is 10.1. The van der Waals surface area contributed by atoms with E-state index in [1.807, 2.05) is 18.3 Å². The Morgan fingerprint density at radius 1 is 1.30 bits per heavy atom. The molecule has 0 bridgehead atoms. The highest BCUT2D eigenvalue weighted by molar-refractivity contribution is 5.12. The van der Waals surface area contributed by atoms with Crippen molar-refractivity contribution >= 4 is 0 Å². The Morgan fingerprint density at radius 2 is 2.05 bits per heavy atom. The minimum atomic E-state index is -0.483. The zero-order chi connectivity index (χ0) is 15.0. The molecule has 1 aromatic rings. The molecule has 3 atom stereocenters. The first kappa shape index (κ1) is 17.1. The van der Waals surface area contributed by atoms with E-state index in [1.54, 1.807) is 6.20 Å². The van der Waals surface area contributed by atoms with Crippen LogP contribution in [0.3, 0.4) is 0 Å². The Labute approximate surface area is 122 Å². The van der Waals surface area contributed by atoms with Crippen LogP contribution in [0.15, 0.2) is 24.5 Å². The van der Waals surface area contributed by atoms with E-state index in [-0.39, 0.29) is 12.1 Å². The van der Waals surface area contributed by atoms with Crippen LogP contribution >= 0.6 is 0 Å². The van der Waals surface area contributed by atoms with Gasteiger partial charge in [-0.25, -0.2) is 0 Å². The summed E-state index contributed by atoms with van der Waals surface area (Å²) in [5.41, 5.74) is 1.12. The van der Waals surface area contributed by atoms with Crippen LogP contribution in [0.1, 0.15) is 45.7 Å². The molecule has 0 saturated carbocycles. The second kappa shape index (κ2) is 9.06. The summed E-state index contributed by atoms with van der Waals surface area (Å²) in [7, 11) is 0. The van der Waals surface area contributed by atoms with Crippen LogP contribution in [0.4, 0.5) is 0 Å². The second-order valence-electron chi connectivity index (χ2n) is 5.84. The number of aliphatic hydroxyl groups excluding tert-OH is 1. The maximum atomic E-state index is 9.92. The molecule has 0 saturated heterocycles. The highest BCUT2D eigenvalue weighted by atomic mass is 16.5. The molecule has 0 aliphatic rings. The standard InChI is InChI=1S/C16H28N2O2/c1-12(2)8-13(3)20-11-16(19)10-18-14(4)15-6-5-7-17-9-15/h5-7,9,12-14,16,18-19H,8,10-11H2,1-4H3/t13?,14-,16?/m1/s1. The van der Waals surface area contributed by atoms with E-state index in [9.17, 15) is 5.11 Å². The summed E-state index contributed by atoms with van der Waals surface area (Å²) in [5, 5.41) is 13.2. The minimum Gasteiger partial charge on any atom is -0.389 e. The number of ether oxygens (including phenoxy) is 1. The monoisotopic (exact) mass is 280 g/mol. The van der Waals surface area contributed by atoms with Gasteiger partial charge in [-0.1, -0.05) is 19.9 Å². The molecule has 20 heavy (non-hydrogen) atoms. The van der Waals surface area contributed by atoms with Crippen molar-refractivity contribution in [3.8, 4) is 0 Å². The summed E-state index contributed by atoms with van der Waals surface area (Å²) in [6.07, 6.45) is 4.33. The van der Waals surface area contributed by atoms with E-state index >= 15 is 0 Å². The molecule has 0 radical (unpaired) electrons. The molecule has 0 spiro atoms. The van der Waals surface area contributed by atoms with Crippen LogP contribution in [0.25, 0.3) is 0 Å². The fraction of sp³-hybridized carbons (Fsp3) is 0.688. The number of pyridine rings is 1. The van der Waals surface area contributed by atoms with Crippen molar-refractivity contribution in [2.75, 3.05) is 13.2 Å². The van der Waals surface area contributed by atoms with Crippen molar-refractivity contribution in [1.29, 1.82) is 0 Å². The predicted molar refractivity (Wildman–Crippen MR) is 81.5 cm³/mol. The van der Waals surface area contributed by atoms with Crippen LogP contribution in [-0.2, 0) is 4.74 Å². The molecule has 4 nitrogen and oxygen atoms in total. The van der Waals surface area contributed by atoms with E-state index in [2.05, 4.69) is 38.0 Å². The highest BCUT2D eigenvalue weighted by Gasteiger charge is 2.11. The Balaban J connectivity index is 2.21. The average Bonchev–Trinajstić information content (AvgIpc) is 2.42. The number of hydrogen-bond donors (Lipinski definition) is 2. The third-order valence-corrected chi connectivity index (χ3v) is 3.22. The first-order chi connectivity index (χ1) is 9.49. The molecule has 0 amide bonds. The van der Waals surface area contributed by atoms with Crippen LogP contribution < -0.4 is 5.32 Å². The molecule has 1 rings (SSSR count). The summed E-state index contributed by atoms with van der Waals surface area (Å²) in [4.78, 5) is 4.09. The van der Waals surface area contributed by atoms with Gasteiger partial charge >= 0.3 is 0 Å². The lowest BCUT2D eigenvalue weighted by Crippen LogP contribution is -2.33. The Morgan fingerprint density at radius 3 is 2.65 bits per heavy atom. The Kier molecular flexibility index (Phi) is 7.73. The third-order valence-electron chi connectivity index (χ3n) is 3.22. The predicted octanol–water partition coefficient (Wildman–Crippen LogP) is 2.54. The van der Waals surface area contributed by atoms with Crippen molar-refractivity contribution < 1.29 is 9.84 Å². The number of rotatable bonds is 9. The van der Waals surface area contributed by atoms with Gasteiger partial charge in [0.1, 0.15) is 0 Å². The van der Waals surface area contributed by atoms with Gasteiger partial charge in [-0.2, -0.15) is 0 Å². The van der Waals surface area contributed by atoms with E-state index in [1.165, 1.54) is 0 Å². The van der Waals surface area contributed by atoms with Crippen molar-refractivity contribution in [3.63, 3.8) is 0 Å². The molecule has 0 aliphatic carbocycles. The van der Waals surface area contributed by atoms with Crippen LogP contribution in [-0.4, -0.2) is 35.5 Å². The van der Waals surface area contributed by atoms with Gasteiger partial charge in [0.05, 0.1) is 18.8 Å². The molecule has 114 valence electrons. The van der Waals surface area contributed by atoms with Crippen molar-refractivity contribution in [3.05, 3.63) is 30.1 Å². The first-order valence-corrected chi connectivity index (χ1v) is 7.42.